The lowest BCUT2D eigenvalue weighted by molar-refractivity contribution is 0.0745. The molecule has 0 bridgehead atoms. The second-order valence-corrected chi connectivity index (χ2v) is 12.4. The number of para-hydroxylation sites is 1. The monoisotopic (exact) mass is 619 g/mol. The van der Waals surface area contributed by atoms with Crippen molar-refractivity contribution in [3.05, 3.63) is 105 Å². The maximum Gasteiger partial charge on any atom is 0.271 e. The first-order valence-electron chi connectivity index (χ1n) is 15.5. The van der Waals surface area contributed by atoms with E-state index in [9.17, 15) is 10.1 Å². The van der Waals surface area contributed by atoms with Gasteiger partial charge < -0.3 is 14.2 Å². The quantitative estimate of drug-likeness (QED) is 0.166. The van der Waals surface area contributed by atoms with Gasteiger partial charge in [0.05, 0.1) is 29.5 Å². The van der Waals surface area contributed by atoms with Gasteiger partial charge in [-0.1, -0.05) is 41.9 Å². The fourth-order valence-electron chi connectivity index (χ4n) is 6.72. The molecule has 2 aromatic heterocycles. The summed E-state index contributed by atoms with van der Waals surface area (Å²) in [6.07, 6.45) is 2.30. The summed E-state index contributed by atoms with van der Waals surface area (Å²) < 4.78 is 10.4. The first kappa shape index (κ1) is 30.5. The van der Waals surface area contributed by atoms with E-state index in [1.54, 1.807) is 0 Å². The van der Waals surface area contributed by atoms with Gasteiger partial charge in [0.25, 0.3) is 5.91 Å². The topological polar surface area (TPSA) is 76.1 Å². The van der Waals surface area contributed by atoms with Crippen molar-refractivity contribution in [2.75, 3.05) is 13.2 Å². The van der Waals surface area contributed by atoms with Crippen molar-refractivity contribution in [1.82, 2.24) is 19.2 Å². The second-order valence-electron chi connectivity index (χ2n) is 12.1. The third-order valence-corrected chi connectivity index (χ3v) is 9.57. The molecule has 0 N–H and O–H groups in total. The Labute approximate surface area is 269 Å². The number of ether oxygens (including phenoxy) is 1. The molecule has 3 aromatic carbocycles. The largest absolute Gasteiger partial charge is 0.494 e. The van der Waals surface area contributed by atoms with Crippen molar-refractivity contribution in [2.24, 2.45) is 7.05 Å². The standard InChI is InChI=1S/C37H38ClN5O2/c1-23-19-29(20-24(2)34(23)38)45-18-7-11-31-30-9-6-10-32(33-25(3)40-41(5)26(33)4)35(30)43-17-8-16-42(37(44)36(31)43)22-28-14-12-27(21-39)13-15-28/h6,9-10,12-15,19-20H,7-8,11,16-18,22H2,1-5H3. The van der Waals surface area contributed by atoms with Gasteiger partial charge in [-0.2, -0.15) is 10.4 Å². The summed E-state index contributed by atoms with van der Waals surface area (Å²) in [5.41, 5.74) is 10.9. The van der Waals surface area contributed by atoms with Gasteiger partial charge in [-0.15, -0.1) is 0 Å². The van der Waals surface area contributed by atoms with Gasteiger partial charge in [0, 0.05) is 53.9 Å². The molecule has 7 nitrogen and oxygen atoms in total. The molecule has 0 aliphatic carbocycles. The number of amides is 1. The van der Waals surface area contributed by atoms with Crippen LogP contribution in [0.15, 0.2) is 54.6 Å². The number of fused-ring (bicyclic) bond motifs is 3. The van der Waals surface area contributed by atoms with E-state index in [-0.39, 0.29) is 5.91 Å². The molecule has 0 spiro atoms. The van der Waals surface area contributed by atoms with Crippen LogP contribution < -0.4 is 4.74 Å². The van der Waals surface area contributed by atoms with Gasteiger partial charge in [0.2, 0.25) is 0 Å². The number of benzene rings is 3. The van der Waals surface area contributed by atoms with Crippen LogP contribution in [0.2, 0.25) is 5.02 Å². The number of hydrogen-bond donors (Lipinski definition) is 0. The number of aromatic nitrogens is 3. The highest BCUT2D eigenvalue weighted by molar-refractivity contribution is 6.32. The number of nitriles is 1. The van der Waals surface area contributed by atoms with Crippen LogP contribution in [0.4, 0.5) is 0 Å². The van der Waals surface area contributed by atoms with Gasteiger partial charge in [0.15, 0.2) is 0 Å². The second kappa shape index (κ2) is 12.5. The molecule has 1 aliphatic rings. The fraction of sp³-hybridized carbons (Fsp3) is 0.324. The van der Waals surface area contributed by atoms with Crippen LogP contribution in [-0.4, -0.2) is 38.3 Å². The molecule has 0 atom stereocenters. The van der Waals surface area contributed by atoms with E-state index in [4.69, 9.17) is 21.4 Å². The number of carbonyl (C=O) groups excluding carboxylic acids is 1. The molecule has 8 heteroatoms. The Morgan fingerprint density at radius 3 is 2.42 bits per heavy atom. The maximum atomic E-state index is 14.5. The summed E-state index contributed by atoms with van der Waals surface area (Å²) in [7, 11) is 1.98. The zero-order valence-electron chi connectivity index (χ0n) is 26.6. The van der Waals surface area contributed by atoms with E-state index in [1.165, 1.54) is 0 Å². The van der Waals surface area contributed by atoms with E-state index in [0.29, 0.717) is 31.7 Å². The number of hydrogen-bond acceptors (Lipinski definition) is 4. The zero-order chi connectivity index (χ0) is 31.8. The number of halogens is 1. The minimum Gasteiger partial charge on any atom is -0.494 e. The SMILES string of the molecule is Cc1cc(OCCCc2c3n(c4c(-c5c(C)nn(C)c5C)cccc24)CCCN(Cc2ccc(C#N)cc2)C3=O)cc(C)c1Cl. The van der Waals surface area contributed by atoms with E-state index in [2.05, 4.69) is 42.7 Å². The minimum absolute atomic E-state index is 0.0403. The number of rotatable bonds is 8. The molecule has 0 fully saturated rings. The molecular formula is C37H38ClN5O2. The lowest BCUT2D eigenvalue weighted by Gasteiger charge is -2.21. The summed E-state index contributed by atoms with van der Waals surface area (Å²) in [6.45, 7) is 10.6. The Bertz CT molecular complexity index is 1940. The number of aryl methyl sites for hydroxylation is 6. The normalized spacial score (nSPS) is 13.2. The molecule has 0 radical (unpaired) electrons. The highest BCUT2D eigenvalue weighted by Crippen LogP contribution is 2.39. The molecular weight excluding hydrogens is 582 g/mol. The highest BCUT2D eigenvalue weighted by Gasteiger charge is 2.31. The molecule has 45 heavy (non-hydrogen) atoms. The Hall–Kier alpha value is -4.54. The van der Waals surface area contributed by atoms with Crippen LogP contribution in [0.3, 0.4) is 0 Å². The van der Waals surface area contributed by atoms with Crippen LogP contribution in [0, 0.1) is 39.0 Å². The van der Waals surface area contributed by atoms with E-state index in [0.717, 1.165) is 91.5 Å². The molecule has 3 heterocycles. The molecule has 5 aromatic rings. The van der Waals surface area contributed by atoms with Gasteiger partial charge in [-0.25, -0.2) is 0 Å². The summed E-state index contributed by atoms with van der Waals surface area (Å²) in [6, 6.07) is 20.1. The van der Waals surface area contributed by atoms with Crippen molar-refractivity contribution in [3.63, 3.8) is 0 Å². The van der Waals surface area contributed by atoms with E-state index >= 15 is 0 Å². The average Bonchev–Trinajstić information content (AvgIpc) is 3.42. The molecule has 6 rings (SSSR count). The van der Waals surface area contributed by atoms with Gasteiger partial charge in [0.1, 0.15) is 11.4 Å². The fourth-order valence-corrected chi connectivity index (χ4v) is 6.83. The van der Waals surface area contributed by atoms with Crippen molar-refractivity contribution < 1.29 is 9.53 Å². The summed E-state index contributed by atoms with van der Waals surface area (Å²) in [4.78, 5) is 16.5. The predicted octanol–water partition coefficient (Wildman–Crippen LogP) is 7.86. The van der Waals surface area contributed by atoms with Crippen molar-refractivity contribution in [1.29, 1.82) is 5.26 Å². The average molecular weight is 620 g/mol. The maximum absolute atomic E-state index is 14.5. The van der Waals surface area contributed by atoms with Crippen molar-refractivity contribution in [2.45, 2.75) is 60.0 Å². The molecule has 1 amide bonds. The van der Waals surface area contributed by atoms with Crippen LogP contribution in [0.1, 0.15) is 62.5 Å². The summed E-state index contributed by atoms with van der Waals surface area (Å²) in [5.74, 6) is 0.850. The van der Waals surface area contributed by atoms with Gasteiger partial charge >= 0.3 is 0 Å². The molecule has 0 saturated heterocycles. The first-order valence-corrected chi connectivity index (χ1v) is 15.9. The Morgan fingerprint density at radius 1 is 1.02 bits per heavy atom. The lowest BCUT2D eigenvalue weighted by atomic mass is 9.98. The lowest BCUT2D eigenvalue weighted by Crippen LogP contribution is -2.31. The molecule has 1 aliphatic heterocycles. The van der Waals surface area contributed by atoms with Crippen molar-refractivity contribution in [3.8, 4) is 22.9 Å². The summed E-state index contributed by atoms with van der Waals surface area (Å²) >= 11 is 6.37. The molecule has 0 unspecified atom stereocenters. The molecule has 230 valence electrons. The molecule has 0 saturated carbocycles. The number of nitrogens with zero attached hydrogens (tertiary/aromatic N) is 5. The zero-order valence-corrected chi connectivity index (χ0v) is 27.3. The van der Waals surface area contributed by atoms with Crippen molar-refractivity contribution >= 4 is 28.4 Å². The van der Waals surface area contributed by atoms with Crippen LogP contribution >= 0.6 is 11.6 Å². The predicted molar refractivity (Wildman–Crippen MR) is 179 cm³/mol. The van der Waals surface area contributed by atoms with Gasteiger partial charge in [-0.3, -0.25) is 9.48 Å². The Morgan fingerprint density at radius 2 is 1.76 bits per heavy atom. The Balaban J connectivity index is 1.39. The van der Waals surface area contributed by atoms with Crippen LogP contribution in [-0.2, 0) is 26.6 Å². The van der Waals surface area contributed by atoms with Gasteiger partial charge in [-0.05, 0) is 93.5 Å². The third kappa shape index (κ3) is 5.71. The third-order valence-electron chi connectivity index (χ3n) is 8.97. The highest BCUT2D eigenvalue weighted by atomic mass is 35.5. The van der Waals surface area contributed by atoms with E-state index in [1.807, 2.05) is 66.9 Å². The minimum atomic E-state index is 0.0403. The number of carbonyl (C=O) groups is 1. The smallest absolute Gasteiger partial charge is 0.271 e. The summed E-state index contributed by atoms with van der Waals surface area (Å²) in [5, 5.41) is 15.8. The van der Waals surface area contributed by atoms with E-state index < -0.39 is 0 Å². The van der Waals surface area contributed by atoms with Crippen LogP contribution in [0.25, 0.3) is 22.0 Å². The first-order chi connectivity index (χ1) is 21.7. The Kier molecular flexibility index (Phi) is 8.44. The van der Waals surface area contributed by atoms with Crippen LogP contribution in [0.5, 0.6) is 5.75 Å².